The van der Waals surface area contributed by atoms with Gasteiger partial charge in [0.15, 0.2) is 0 Å². The monoisotopic (exact) mass is 524 g/mol. The molecule has 0 aliphatic carbocycles. The van der Waals surface area contributed by atoms with Gasteiger partial charge in [0.05, 0.1) is 17.0 Å². The zero-order chi connectivity index (χ0) is 26.8. The lowest BCUT2D eigenvalue weighted by Crippen LogP contribution is -2.52. The molecule has 2 N–H and O–H groups in total. The van der Waals surface area contributed by atoms with Crippen molar-refractivity contribution >= 4 is 16.1 Å². The van der Waals surface area contributed by atoms with Crippen LogP contribution < -0.4 is 0 Å². The minimum atomic E-state index is -3.90. The zero-order valence-corrected chi connectivity index (χ0v) is 22.2. The van der Waals surface area contributed by atoms with E-state index in [2.05, 4.69) is 0 Å². The molecule has 3 aromatic carbocycles. The van der Waals surface area contributed by atoms with Crippen LogP contribution in [0, 0.1) is 5.92 Å². The Kier molecular flexibility index (Phi) is 10.3. The molecule has 7 nitrogen and oxygen atoms in total. The van der Waals surface area contributed by atoms with Gasteiger partial charge in [0.25, 0.3) is 0 Å². The Labute approximate surface area is 220 Å². The maximum Gasteiger partial charge on any atom is 0.407 e. The Balaban J connectivity index is 1.95. The lowest BCUT2D eigenvalue weighted by atomic mass is 9.99. The van der Waals surface area contributed by atoms with Crippen molar-refractivity contribution in [2.24, 2.45) is 5.92 Å². The SMILES string of the molecule is CC(C)CCN(CC(O)C(Cc1ccccc1)N(Cc1ccccc1)C(=O)O)S(=O)(=O)c1ccccc1. The number of amides is 1. The smallest absolute Gasteiger partial charge is 0.407 e. The Bertz CT molecular complexity index is 1200. The zero-order valence-electron chi connectivity index (χ0n) is 21.3. The molecule has 2 unspecified atom stereocenters. The van der Waals surface area contributed by atoms with Crippen LogP contribution in [-0.4, -0.2) is 59.2 Å². The molecule has 0 saturated heterocycles. The molecule has 2 atom stereocenters. The Morgan fingerprint density at radius 3 is 1.86 bits per heavy atom. The molecule has 37 heavy (non-hydrogen) atoms. The van der Waals surface area contributed by atoms with Crippen LogP contribution in [0.2, 0.25) is 0 Å². The lowest BCUT2D eigenvalue weighted by Gasteiger charge is -2.35. The first-order chi connectivity index (χ1) is 17.7. The largest absolute Gasteiger partial charge is 0.465 e. The molecule has 0 bridgehead atoms. The lowest BCUT2D eigenvalue weighted by molar-refractivity contribution is 0.0343. The van der Waals surface area contributed by atoms with Crippen LogP contribution in [0.4, 0.5) is 4.79 Å². The van der Waals surface area contributed by atoms with Crippen molar-refractivity contribution in [3.8, 4) is 0 Å². The summed E-state index contributed by atoms with van der Waals surface area (Å²) in [5.41, 5.74) is 1.63. The van der Waals surface area contributed by atoms with Crippen molar-refractivity contribution < 1.29 is 23.4 Å². The van der Waals surface area contributed by atoms with Gasteiger partial charge in [-0.05, 0) is 42.0 Å². The summed E-state index contributed by atoms with van der Waals surface area (Å²) in [4.78, 5) is 13.8. The van der Waals surface area contributed by atoms with E-state index in [0.717, 1.165) is 11.1 Å². The van der Waals surface area contributed by atoms with Crippen molar-refractivity contribution in [1.82, 2.24) is 9.21 Å². The van der Waals surface area contributed by atoms with E-state index in [4.69, 9.17) is 0 Å². The number of nitrogens with zero attached hydrogens (tertiary/aromatic N) is 2. The molecule has 0 aliphatic rings. The molecule has 0 aliphatic heterocycles. The second-order valence-corrected chi connectivity index (χ2v) is 11.5. The molecule has 0 fully saturated rings. The molecule has 0 radical (unpaired) electrons. The van der Waals surface area contributed by atoms with Gasteiger partial charge in [-0.25, -0.2) is 13.2 Å². The number of carboxylic acid groups (broad SMARTS) is 1. The molecule has 0 aromatic heterocycles. The Morgan fingerprint density at radius 2 is 1.35 bits per heavy atom. The molecule has 8 heteroatoms. The second-order valence-electron chi connectivity index (χ2n) is 9.58. The van der Waals surface area contributed by atoms with E-state index in [1.165, 1.54) is 21.3 Å². The molecule has 0 spiro atoms. The van der Waals surface area contributed by atoms with Gasteiger partial charge in [0, 0.05) is 19.6 Å². The topological polar surface area (TPSA) is 98.2 Å². The summed E-state index contributed by atoms with van der Waals surface area (Å²) in [6.45, 7) is 4.08. The molecule has 198 valence electrons. The van der Waals surface area contributed by atoms with Crippen molar-refractivity contribution in [3.63, 3.8) is 0 Å². The fourth-order valence-corrected chi connectivity index (χ4v) is 5.69. The van der Waals surface area contributed by atoms with Gasteiger partial charge >= 0.3 is 6.09 Å². The fourth-order valence-electron chi connectivity index (χ4n) is 4.20. The quantitative estimate of drug-likeness (QED) is 0.332. The number of rotatable bonds is 13. The third-order valence-electron chi connectivity index (χ3n) is 6.30. The highest BCUT2D eigenvalue weighted by Crippen LogP contribution is 2.22. The minimum Gasteiger partial charge on any atom is -0.465 e. The summed E-state index contributed by atoms with van der Waals surface area (Å²) >= 11 is 0. The number of hydrogen-bond acceptors (Lipinski definition) is 4. The van der Waals surface area contributed by atoms with Crippen LogP contribution in [0.3, 0.4) is 0 Å². The number of carbonyl (C=O) groups is 1. The first-order valence-electron chi connectivity index (χ1n) is 12.5. The number of sulfonamides is 1. The normalized spacial score (nSPS) is 13.4. The summed E-state index contributed by atoms with van der Waals surface area (Å²) in [5, 5.41) is 21.7. The first kappa shape index (κ1) is 28.4. The molecule has 3 aromatic rings. The van der Waals surface area contributed by atoms with Gasteiger partial charge in [-0.15, -0.1) is 0 Å². The van der Waals surface area contributed by atoms with Crippen LogP contribution >= 0.6 is 0 Å². The molecule has 0 heterocycles. The third-order valence-corrected chi connectivity index (χ3v) is 8.18. The average Bonchev–Trinajstić information content (AvgIpc) is 2.89. The average molecular weight is 525 g/mol. The summed E-state index contributed by atoms with van der Waals surface area (Å²) in [6.07, 6.45) is -1.59. The number of aliphatic hydroxyl groups excluding tert-OH is 1. The first-order valence-corrected chi connectivity index (χ1v) is 13.9. The highest BCUT2D eigenvalue weighted by Gasteiger charge is 2.34. The van der Waals surface area contributed by atoms with Crippen molar-refractivity contribution in [3.05, 3.63) is 102 Å². The van der Waals surface area contributed by atoms with E-state index >= 15 is 0 Å². The maximum absolute atomic E-state index is 13.5. The molecular weight excluding hydrogens is 488 g/mol. The fraction of sp³-hybridized carbons (Fsp3) is 0.345. The van der Waals surface area contributed by atoms with Gasteiger partial charge in [0.2, 0.25) is 10.0 Å². The van der Waals surface area contributed by atoms with E-state index in [1.807, 2.05) is 74.5 Å². The predicted octanol–water partition coefficient (Wildman–Crippen LogP) is 4.88. The van der Waals surface area contributed by atoms with Gasteiger partial charge in [-0.2, -0.15) is 4.31 Å². The van der Waals surface area contributed by atoms with Crippen LogP contribution in [0.5, 0.6) is 0 Å². The van der Waals surface area contributed by atoms with E-state index < -0.39 is 28.3 Å². The van der Waals surface area contributed by atoms with Crippen LogP contribution in [0.1, 0.15) is 31.4 Å². The van der Waals surface area contributed by atoms with Gasteiger partial charge in [-0.1, -0.05) is 92.7 Å². The third kappa shape index (κ3) is 8.15. The summed E-state index contributed by atoms with van der Waals surface area (Å²) in [7, 11) is -3.90. The summed E-state index contributed by atoms with van der Waals surface area (Å²) < 4.78 is 28.4. The van der Waals surface area contributed by atoms with E-state index in [0.29, 0.717) is 6.42 Å². The molecular formula is C29H36N2O5S. The van der Waals surface area contributed by atoms with Gasteiger partial charge < -0.3 is 10.2 Å². The van der Waals surface area contributed by atoms with Crippen LogP contribution in [0.15, 0.2) is 95.9 Å². The van der Waals surface area contributed by atoms with Crippen molar-refractivity contribution in [2.75, 3.05) is 13.1 Å². The molecule has 1 amide bonds. The Morgan fingerprint density at radius 1 is 0.838 bits per heavy atom. The minimum absolute atomic E-state index is 0.0716. The molecule has 3 rings (SSSR count). The highest BCUT2D eigenvalue weighted by atomic mass is 32.2. The second kappa shape index (κ2) is 13.4. The van der Waals surface area contributed by atoms with E-state index in [9.17, 15) is 23.4 Å². The van der Waals surface area contributed by atoms with Crippen LogP contribution in [0.25, 0.3) is 0 Å². The standard InChI is InChI=1S/C29H36N2O5S/c1-23(2)18-19-30(37(35,36)26-16-10-5-11-17-26)22-28(32)27(20-24-12-6-3-7-13-24)31(29(33)34)21-25-14-8-4-9-15-25/h3-17,23,27-28,32H,18-22H2,1-2H3,(H,33,34). The van der Waals surface area contributed by atoms with Crippen molar-refractivity contribution in [1.29, 1.82) is 0 Å². The Hall–Kier alpha value is -3.20. The van der Waals surface area contributed by atoms with E-state index in [-0.39, 0.29) is 36.9 Å². The van der Waals surface area contributed by atoms with Gasteiger partial charge in [0.1, 0.15) is 0 Å². The van der Waals surface area contributed by atoms with E-state index in [1.54, 1.807) is 18.2 Å². The van der Waals surface area contributed by atoms with Crippen molar-refractivity contribution in [2.45, 2.75) is 50.3 Å². The predicted molar refractivity (Wildman–Crippen MR) is 145 cm³/mol. The summed E-state index contributed by atoms with van der Waals surface area (Å²) in [6, 6.07) is 25.8. The number of hydrogen-bond donors (Lipinski definition) is 2. The molecule has 0 saturated carbocycles. The van der Waals surface area contributed by atoms with Gasteiger partial charge in [-0.3, -0.25) is 4.90 Å². The maximum atomic E-state index is 13.5. The highest BCUT2D eigenvalue weighted by molar-refractivity contribution is 7.89. The summed E-state index contributed by atoms with van der Waals surface area (Å²) in [5.74, 6) is 0.249. The number of aliphatic hydroxyl groups is 1. The van der Waals surface area contributed by atoms with Crippen LogP contribution in [-0.2, 0) is 23.0 Å². The number of benzene rings is 3.